The summed E-state index contributed by atoms with van der Waals surface area (Å²) >= 11 is 0. The summed E-state index contributed by atoms with van der Waals surface area (Å²) in [5.74, 6) is 0.176. The molecule has 0 spiro atoms. The fourth-order valence-electron chi connectivity index (χ4n) is 1.96. The number of benzene rings is 3. The molecule has 0 aliphatic rings. The fraction of sp³-hybridized carbons (Fsp3) is 0.100. The van der Waals surface area contributed by atoms with Gasteiger partial charge in [0.15, 0.2) is 0 Å². The molecule has 0 amide bonds. The lowest BCUT2D eigenvalue weighted by molar-refractivity contribution is 0.450. The molecule has 7 N–H and O–H groups in total. The molecule has 28 heavy (non-hydrogen) atoms. The van der Waals surface area contributed by atoms with E-state index < -0.39 is 10.1 Å². The van der Waals surface area contributed by atoms with Crippen molar-refractivity contribution in [3.05, 3.63) is 77.9 Å². The molecule has 3 rings (SSSR count). The van der Waals surface area contributed by atoms with Crippen molar-refractivity contribution < 1.29 is 23.2 Å². The van der Waals surface area contributed by atoms with Gasteiger partial charge in [0.2, 0.25) is 0 Å². The third-order valence-electron chi connectivity index (χ3n) is 3.43. The lowest BCUT2D eigenvalue weighted by atomic mass is 10.1. The maximum Gasteiger partial charge on any atom is 0.294 e. The van der Waals surface area contributed by atoms with Gasteiger partial charge in [-0.15, -0.1) is 0 Å². The molecule has 0 saturated heterocycles. The normalized spacial score (nSPS) is 10.1. The number of aromatic hydroxyl groups is 2. The van der Waals surface area contributed by atoms with E-state index in [0.29, 0.717) is 5.69 Å². The van der Waals surface area contributed by atoms with Crippen molar-refractivity contribution in [2.45, 2.75) is 18.7 Å². The molecule has 0 aliphatic heterocycles. The van der Waals surface area contributed by atoms with Crippen LogP contribution < -0.4 is 11.5 Å². The van der Waals surface area contributed by atoms with Crippen LogP contribution in [0.25, 0.3) is 0 Å². The van der Waals surface area contributed by atoms with E-state index in [1.54, 1.807) is 6.07 Å². The van der Waals surface area contributed by atoms with Gasteiger partial charge in [-0.1, -0.05) is 23.8 Å². The molecule has 0 saturated carbocycles. The van der Waals surface area contributed by atoms with Gasteiger partial charge in [0, 0.05) is 17.4 Å². The highest BCUT2D eigenvalue weighted by atomic mass is 32.2. The Hall–Kier alpha value is -3.23. The number of rotatable bonds is 1. The second-order valence-electron chi connectivity index (χ2n) is 5.92. The monoisotopic (exact) mass is 404 g/mol. The molecule has 0 bridgehead atoms. The summed E-state index contributed by atoms with van der Waals surface area (Å²) in [7, 11) is -4.08. The molecular formula is C20H24N2O5S. The van der Waals surface area contributed by atoms with E-state index in [0.717, 1.165) is 11.3 Å². The van der Waals surface area contributed by atoms with Gasteiger partial charge in [0.1, 0.15) is 11.5 Å². The summed E-state index contributed by atoms with van der Waals surface area (Å²) in [6, 6.07) is 17.2. The summed E-state index contributed by atoms with van der Waals surface area (Å²) in [4.78, 5) is -0.147. The lowest BCUT2D eigenvalue weighted by Gasteiger charge is -1.98. The van der Waals surface area contributed by atoms with Gasteiger partial charge >= 0.3 is 0 Å². The predicted molar refractivity (Wildman–Crippen MR) is 111 cm³/mol. The van der Waals surface area contributed by atoms with Crippen molar-refractivity contribution in [2.75, 3.05) is 11.5 Å². The van der Waals surface area contributed by atoms with E-state index in [1.807, 2.05) is 19.1 Å². The standard InChI is InChI=1S/C8H11N.C6H7NO3S.C6H6O2/c1-6-3-4-8(9)7(2)5-6;7-5-1-3-6(4-2-5)11(8,9)10;7-5-2-1-3-6(8)4-5/h3-5H,9H2,1-2H3;1-4H,7H2,(H,8,9,10);1-4,7-8H. The van der Waals surface area contributed by atoms with Crippen LogP contribution in [0.5, 0.6) is 11.5 Å². The summed E-state index contributed by atoms with van der Waals surface area (Å²) < 4.78 is 29.4. The summed E-state index contributed by atoms with van der Waals surface area (Å²) in [6.07, 6.45) is 0. The minimum absolute atomic E-state index is 0.0880. The highest BCUT2D eigenvalue weighted by Gasteiger charge is 2.06. The molecule has 3 aromatic carbocycles. The molecule has 0 fully saturated rings. The van der Waals surface area contributed by atoms with E-state index in [-0.39, 0.29) is 16.4 Å². The van der Waals surface area contributed by atoms with Crippen LogP contribution in [0, 0.1) is 13.8 Å². The zero-order valence-electron chi connectivity index (χ0n) is 15.6. The third kappa shape index (κ3) is 8.43. The van der Waals surface area contributed by atoms with Crippen molar-refractivity contribution >= 4 is 21.5 Å². The Morgan fingerprint density at radius 2 is 1.32 bits per heavy atom. The summed E-state index contributed by atoms with van der Waals surface area (Å²) in [5, 5.41) is 17.3. The number of phenols is 2. The number of nitrogens with two attached hydrogens (primary N) is 2. The zero-order valence-corrected chi connectivity index (χ0v) is 16.4. The minimum Gasteiger partial charge on any atom is -0.508 e. The zero-order chi connectivity index (χ0) is 21.3. The second-order valence-corrected chi connectivity index (χ2v) is 7.35. The number of phenolic OH excluding ortho intramolecular Hbond substituents is 2. The average Bonchev–Trinajstić information content (AvgIpc) is 2.59. The molecule has 3 aromatic rings. The SMILES string of the molecule is Cc1ccc(N)c(C)c1.Nc1ccc(S(=O)(=O)O)cc1.Oc1cccc(O)c1. The minimum atomic E-state index is -4.08. The molecule has 0 heterocycles. The van der Waals surface area contributed by atoms with E-state index in [2.05, 4.69) is 13.0 Å². The average molecular weight is 404 g/mol. The Kier molecular flexibility index (Phi) is 8.30. The molecule has 0 unspecified atom stereocenters. The largest absolute Gasteiger partial charge is 0.508 e. The Morgan fingerprint density at radius 3 is 1.68 bits per heavy atom. The van der Waals surface area contributed by atoms with Crippen molar-refractivity contribution in [1.29, 1.82) is 0 Å². The maximum atomic E-state index is 10.5. The molecular weight excluding hydrogens is 380 g/mol. The second kappa shape index (κ2) is 10.2. The highest BCUT2D eigenvalue weighted by molar-refractivity contribution is 7.85. The van der Waals surface area contributed by atoms with Gasteiger partial charge in [-0.3, -0.25) is 4.55 Å². The van der Waals surface area contributed by atoms with Gasteiger partial charge in [-0.05, 0) is 61.9 Å². The van der Waals surface area contributed by atoms with E-state index in [1.165, 1.54) is 48.0 Å². The molecule has 8 heteroatoms. The molecule has 0 aromatic heterocycles. The first-order valence-corrected chi connectivity index (χ1v) is 9.57. The summed E-state index contributed by atoms with van der Waals surface area (Å²) in [6.45, 7) is 4.08. The molecule has 0 atom stereocenters. The van der Waals surface area contributed by atoms with Crippen molar-refractivity contribution in [1.82, 2.24) is 0 Å². The van der Waals surface area contributed by atoms with Crippen LogP contribution in [0.15, 0.2) is 71.6 Å². The first-order chi connectivity index (χ1) is 13.0. The number of nitrogen functional groups attached to an aromatic ring is 2. The maximum absolute atomic E-state index is 10.5. The van der Waals surface area contributed by atoms with E-state index >= 15 is 0 Å². The van der Waals surface area contributed by atoms with Crippen LogP contribution in [0.2, 0.25) is 0 Å². The first-order valence-electron chi connectivity index (χ1n) is 8.13. The van der Waals surface area contributed by atoms with Crippen LogP contribution in [0.3, 0.4) is 0 Å². The lowest BCUT2D eigenvalue weighted by Crippen LogP contribution is -1.97. The van der Waals surface area contributed by atoms with Gasteiger partial charge in [-0.25, -0.2) is 0 Å². The fourth-order valence-corrected chi connectivity index (χ4v) is 2.44. The smallest absolute Gasteiger partial charge is 0.294 e. The molecule has 7 nitrogen and oxygen atoms in total. The number of hydrogen-bond acceptors (Lipinski definition) is 6. The number of aryl methyl sites for hydroxylation is 2. The van der Waals surface area contributed by atoms with Crippen LogP contribution in [0.1, 0.15) is 11.1 Å². The Labute approximate surface area is 164 Å². The van der Waals surface area contributed by atoms with Gasteiger partial charge in [0.25, 0.3) is 10.1 Å². The Morgan fingerprint density at radius 1 is 0.786 bits per heavy atom. The van der Waals surface area contributed by atoms with Crippen LogP contribution in [0.4, 0.5) is 11.4 Å². The van der Waals surface area contributed by atoms with Gasteiger partial charge in [-0.2, -0.15) is 8.42 Å². The third-order valence-corrected chi connectivity index (χ3v) is 4.30. The van der Waals surface area contributed by atoms with Crippen molar-refractivity contribution in [3.63, 3.8) is 0 Å². The number of hydrogen-bond donors (Lipinski definition) is 5. The van der Waals surface area contributed by atoms with Gasteiger partial charge in [0.05, 0.1) is 4.90 Å². The molecule has 0 radical (unpaired) electrons. The van der Waals surface area contributed by atoms with Crippen LogP contribution in [-0.2, 0) is 10.1 Å². The van der Waals surface area contributed by atoms with Crippen molar-refractivity contribution in [3.8, 4) is 11.5 Å². The first kappa shape index (κ1) is 22.8. The highest BCUT2D eigenvalue weighted by Crippen LogP contribution is 2.15. The van der Waals surface area contributed by atoms with Crippen LogP contribution >= 0.6 is 0 Å². The van der Waals surface area contributed by atoms with Gasteiger partial charge < -0.3 is 21.7 Å². The molecule has 150 valence electrons. The van der Waals surface area contributed by atoms with E-state index in [4.69, 9.17) is 26.2 Å². The van der Waals surface area contributed by atoms with Crippen LogP contribution in [-0.4, -0.2) is 23.2 Å². The number of anilines is 2. The topological polar surface area (TPSA) is 147 Å². The summed E-state index contributed by atoms with van der Waals surface area (Å²) in [5.41, 5.74) is 14.6. The Balaban J connectivity index is 0.000000213. The molecule has 0 aliphatic carbocycles. The predicted octanol–water partition coefficient (Wildman–Crippen LogP) is 3.50. The van der Waals surface area contributed by atoms with E-state index in [9.17, 15) is 8.42 Å². The quantitative estimate of drug-likeness (QED) is 0.308. The van der Waals surface area contributed by atoms with Crippen molar-refractivity contribution in [2.24, 2.45) is 0 Å². The Bertz CT molecular complexity index is 986.